The van der Waals surface area contributed by atoms with E-state index in [9.17, 15) is 20.1 Å². The van der Waals surface area contributed by atoms with Gasteiger partial charge in [-0.1, -0.05) is 100 Å². The lowest BCUT2D eigenvalue weighted by atomic mass is 9.98. The molecule has 0 aromatic heterocycles. The van der Waals surface area contributed by atoms with Crippen LogP contribution in [0.2, 0.25) is 0 Å². The van der Waals surface area contributed by atoms with Crippen LogP contribution in [0.4, 0.5) is 11.4 Å². The van der Waals surface area contributed by atoms with Crippen LogP contribution in [0.15, 0.2) is 39.2 Å². The van der Waals surface area contributed by atoms with E-state index < -0.39 is 0 Å². The molecule has 2 atom stereocenters. The molecule has 2 N–H and O–H groups in total. The molecule has 40 heavy (non-hydrogen) atoms. The van der Waals surface area contributed by atoms with E-state index in [0.29, 0.717) is 11.1 Å². The zero-order chi connectivity index (χ0) is 29.4. The molecule has 1 aromatic carbocycles. The first-order valence-corrected chi connectivity index (χ1v) is 17.3. The Morgan fingerprint density at radius 1 is 0.675 bits per heavy atom. The molecule has 3 rings (SSSR count). The first kappa shape index (κ1) is 32.5. The summed E-state index contributed by atoms with van der Waals surface area (Å²) in [6, 6.07) is 4.52. The molecule has 0 saturated heterocycles. The van der Waals surface area contributed by atoms with Crippen molar-refractivity contribution < 1.29 is 9.59 Å². The molecule has 0 radical (unpaired) electrons. The molecule has 214 valence electrons. The van der Waals surface area contributed by atoms with Gasteiger partial charge in [0.05, 0.1) is 51.6 Å². The largest absolute Gasteiger partial charge is 0.324 e. The van der Waals surface area contributed by atoms with Crippen molar-refractivity contribution in [3.05, 3.63) is 19.6 Å². The standard InChI is InChI=1S/C30H38N4O2S4/c1-7-11-13-19(9-3)27(35)33-21-23-25(39-29(37-23)17(5)15-31)22(34-28(36)20(10-4)14-12-8-2)26-24(21)38-30(40-26)18(6)16-32/h19-20H,7-14H2,1-6H3,(H,33,35)(H,34,36). The number of hydrogen-bond donors (Lipinski definition) is 2. The van der Waals surface area contributed by atoms with Gasteiger partial charge in [0, 0.05) is 23.0 Å². The van der Waals surface area contributed by atoms with Crippen LogP contribution in [0.3, 0.4) is 0 Å². The Kier molecular flexibility index (Phi) is 12.4. The third kappa shape index (κ3) is 7.26. The molecule has 2 amide bonds. The second kappa shape index (κ2) is 15.3. The fourth-order valence-electron chi connectivity index (χ4n) is 4.48. The maximum absolute atomic E-state index is 13.5. The minimum absolute atomic E-state index is 0.0113. The smallest absolute Gasteiger partial charge is 0.227 e. The molecule has 10 heteroatoms. The molecule has 0 spiro atoms. The van der Waals surface area contributed by atoms with Gasteiger partial charge in [-0.25, -0.2) is 0 Å². The van der Waals surface area contributed by atoms with Crippen molar-refractivity contribution in [1.29, 1.82) is 10.5 Å². The van der Waals surface area contributed by atoms with Crippen LogP contribution in [0.1, 0.15) is 92.9 Å². The predicted octanol–water partition coefficient (Wildman–Crippen LogP) is 9.90. The van der Waals surface area contributed by atoms with E-state index in [1.54, 1.807) is 13.8 Å². The van der Waals surface area contributed by atoms with Crippen LogP contribution in [0.25, 0.3) is 0 Å². The predicted molar refractivity (Wildman–Crippen MR) is 170 cm³/mol. The molecular weight excluding hydrogens is 577 g/mol. The number of anilines is 2. The van der Waals surface area contributed by atoms with E-state index in [0.717, 1.165) is 90.8 Å². The zero-order valence-corrected chi connectivity index (χ0v) is 27.4. The summed E-state index contributed by atoms with van der Waals surface area (Å²) < 4.78 is 1.70. The summed E-state index contributed by atoms with van der Waals surface area (Å²) in [6.45, 7) is 11.9. The SMILES string of the molecule is CCCCC(CC)C(=O)Nc1c2c(c(NC(=O)C(CC)CCCC)c3c1SC(=C(C)C#N)S3)SC(=C(C)C#N)S2. The number of thioether (sulfide) groups is 4. The van der Waals surface area contributed by atoms with Gasteiger partial charge in [0.25, 0.3) is 0 Å². The number of fused-ring (bicyclic) bond motifs is 2. The number of carbonyl (C=O) groups excluding carboxylic acids is 2. The Labute approximate surface area is 255 Å². The normalized spacial score (nSPS) is 15.0. The molecule has 0 bridgehead atoms. The molecule has 0 fully saturated rings. The van der Waals surface area contributed by atoms with Crippen molar-refractivity contribution in [3.63, 3.8) is 0 Å². The third-order valence-corrected chi connectivity index (χ3v) is 12.8. The first-order chi connectivity index (χ1) is 19.2. The van der Waals surface area contributed by atoms with Crippen molar-refractivity contribution in [1.82, 2.24) is 0 Å². The monoisotopic (exact) mass is 614 g/mol. The molecule has 0 saturated carbocycles. The Morgan fingerprint density at radius 3 is 1.25 bits per heavy atom. The van der Waals surface area contributed by atoms with Crippen LogP contribution >= 0.6 is 47.0 Å². The average Bonchev–Trinajstić information content (AvgIpc) is 3.60. The molecular formula is C30H38N4O2S4. The number of carbonyl (C=O) groups is 2. The topological polar surface area (TPSA) is 106 Å². The minimum atomic E-state index is -0.0978. The molecule has 2 aliphatic heterocycles. The van der Waals surface area contributed by atoms with Crippen LogP contribution in [0.5, 0.6) is 0 Å². The van der Waals surface area contributed by atoms with Crippen molar-refractivity contribution in [2.45, 2.75) is 112 Å². The number of nitriles is 2. The summed E-state index contributed by atoms with van der Waals surface area (Å²) in [5.41, 5.74) is 2.65. The second-order valence-electron chi connectivity index (χ2n) is 10.00. The van der Waals surface area contributed by atoms with Gasteiger partial charge in [-0.3, -0.25) is 9.59 Å². The van der Waals surface area contributed by atoms with E-state index in [2.05, 4.69) is 36.6 Å². The van der Waals surface area contributed by atoms with Crippen molar-refractivity contribution in [3.8, 4) is 12.1 Å². The molecule has 2 unspecified atom stereocenters. The molecule has 6 nitrogen and oxygen atoms in total. The Bertz CT molecular complexity index is 1170. The third-order valence-electron chi connectivity index (χ3n) is 7.08. The number of allylic oxidation sites excluding steroid dienone is 2. The lowest BCUT2D eigenvalue weighted by molar-refractivity contribution is -0.121. The van der Waals surface area contributed by atoms with Gasteiger partial charge in [0.2, 0.25) is 11.8 Å². The quantitative estimate of drug-likeness (QED) is 0.177. The number of unbranched alkanes of at least 4 members (excludes halogenated alkanes) is 2. The fraction of sp³-hybridized carbons (Fsp3) is 0.533. The highest BCUT2D eigenvalue weighted by molar-refractivity contribution is 8.26. The molecule has 2 aliphatic rings. The maximum Gasteiger partial charge on any atom is 0.227 e. The number of rotatable bonds is 12. The van der Waals surface area contributed by atoms with Crippen LogP contribution in [-0.4, -0.2) is 11.8 Å². The Hall–Kier alpha value is -1.98. The van der Waals surface area contributed by atoms with Gasteiger partial charge in [-0.2, -0.15) is 10.5 Å². The van der Waals surface area contributed by atoms with E-state index in [-0.39, 0.29) is 23.7 Å². The van der Waals surface area contributed by atoms with Crippen molar-refractivity contribution in [2.75, 3.05) is 10.6 Å². The zero-order valence-electron chi connectivity index (χ0n) is 24.2. The van der Waals surface area contributed by atoms with Crippen LogP contribution < -0.4 is 10.6 Å². The lowest BCUT2D eigenvalue weighted by Crippen LogP contribution is -2.24. The van der Waals surface area contributed by atoms with E-state index in [1.807, 2.05) is 13.8 Å². The maximum atomic E-state index is 13.5. The van der Waals surface area contributed by atoms with Gasteiger partial charge in [0.1, 0.15) is 0 Å². The first-order valence-electron chi connectivity index (χ1n) is 14.0. The molecule has 2 heterocycles. The van der Waals surface area contributed by atoms with Crippen molar-refractivity contribution in [2.24, 2.45) is 11.8 Å². The van der Waals surface area contributed by atoms with Gasteiger partial charge in [0.15, 0.2) is 0 Å². The molecule has 0 aliphatic carbocycles. The summed E-state index contributed by atoms with van der Waals surface area (Å²) in [5.74, 6) is -0.218. The van der Waals surface area contributed by atoms with E-state index in [4.69, 9.17) is 0 Å². The molecule has 1 aromatic rings. The number of benzene rings is 1. The van der Waals surface area contributed by atoms with Gasteiger partial charge in [-0.15, -0.1) is 0 Å². The van der Waals surface area contributed by atoms with Gasteiger partial charge >= 0.3 is 0 Å². The van der Waals surface area contributed by atoms with Crippen LogP contribution in [0, 0.1) is 34.5 Å². The van der Waals surface area contributed by atoms with Crippen LogP contribution in [-0.2, 0) is 9.59 Å². The van der Waals surface area contributed by atoms with Gasteiger partial charge < -0.3 is 10.6 Å². The Morgan fingerprint density at radius 2 is 1.00 bits per heavy atom. The number of nitrogens with zero attached hydrogens (tertiary/aromatic N) is 2. The Balaban J connectivity index is 2.19. The summed E-state index contributed by atoms with van der Waals surface area (Å²) in [5, 5.41) is 25.8. The summed E-state index contributed by atoms with van der Waals surface area (Å²) in [4.78, 5) is 30.5. The highest BCUT2D eigenvalue weighted by Crippen LogP contribution is 2.67. The minimum Gasteiger partial charge on any atom is -0.324 e. The van der Waals surface area contributed by atoms with Gasteiger partial charge in [-0.05, 0) is 39.5 Å². The fourth-order valence-corrected chi connectivity index (χ4v) is 9.78. The highest BCUT2D eigenvalue weighted by atomic mass is 32.2. The highest BCUT2D eigenvalue weighted by Gasteiger charge is 2.37. The number of hydrogen-bond acceptors (Lipinski definition) is 8. The van der Waals surface area contributed by atoms with Crippen molar-refractivity contribution >= 4 is 70.2 Å². The van der Waals surface area contributed by atoms with E-state index in [1.165, 1.54) is 47.0 Å². The number of amides is 2. The number of nitrogens with one attached hydrogen (secondary N) is 2. The summed E-state index contributed by atoms with van der Waals surface area (Å²) in [7, 11) is 0. The summed E-state index contributed by atoms with van der Waals surface area (Å²) in [6.07, 6.45) is 7.19. The summed E-state index contributed by atoms with van der Waals surface area (Å²) >= 11 is 5.90. The van der Waals surface area contributed by atoms with E-state index >= 15 is 0 Å². The second-order valence-corrected chi connectivity index (χ2v) is 14.6. The lowest BCUT2D eigenvalue weighted by Gasteiger charge is -2.22. The average molecular weight is 615 g/mol.